The minimum atomic E-state index is 0.229. The molecule has 0 saturated carbocycles. The number of thiol groups is 1. The van der Waals surface area contributed by atoms with Crippen LogP contribution in [0.15, 0.2) is 40.6 Å². The van der Waals surface area contributed by atoms with E-state index in [0.29, 0.717) is 4.90 Å². The molecule has 0 fully saturated rings. The lowest BCUT2D eigenvalue weighted by Gasteiger charge is -2.03. The third kappa shape index (κ3) is 2.22. The van der Waals surface area contributed by atoms with Crippen LogP contribution in [0.1, 0.15) is 0 Å². The van der Waals surface area contributed by atoms with Crippen LogP contribution in [0.3, 0.4) is 0 Å². The molecule has 0 aliphatic heterocycles. The van der Waals surface area contributed by atoms with Crippen LogP contribution in [0.25, 0.3) is 0 Å². The maximum absolute atomic E-state index is 9.28. The molecule has 0 aliphatic rings. The lowest BCUT2D eigenvalue weighted by Crippen LogP contribution is -1.77. The monoisotopic (exact) mass is 198 g/mol. The first-order valence-electron chi connectivity index (χ1n) is 3.50. The Bertz CT molecular complexity index is 284. The van der Waals surface area contributed by atoms with E-state index in [4.69, 9.17) is 0 Å². The Morgan fingerprint density at radius 2 is 2.33 bits per heavy atom. The highest BCUT2D eigenvalue weighted by atomic mass is 32.2. The molecule has 0 aliphatic carbocycles. The molecule has 1 nitrogen and oxygen atoms in total. The largest absolute Gasteiger partial charge is 0.507 e. The molecule has 1 N–H and O–H groups in total. The molecule has 0 atom stereocenters. The molecule has 3 heteroatoms. The van der Waals surface area contributed by atoms with Crippen LogP contribution in [0.4, 0.5) is 0 Å². The second-order valence-electron chi connectivity index (χ2n) is 2.22. The van der Waals surface area contributed by atoms with Gasteiger partial charge in [-0.05, 0) is 12.1 Å². The van der Waals surface area contributed by atoms with E-state index in [1.807, 2.05) is 12.1 Å². The maximum Gasteiger partial charge on any atom is 0.130 e. The molecule has 1 aromatic carbocycles. The van der Waals surface area contributed by atoms with Crippen LogP contribution in [-0.2, 0) is 0 Å². The third-order valence-electron chi connectivity index (χ3n) is 1.33. The van der Waals surface area contributed by atoms with Gasteiger partial charge in [0.1, 0.15) is 5.75 Å². The van der Waals surface area contributed by atoms with Crippen molar-refractivity contribution in [3.05, 3.63) is 30.9 Å². The SMILES string of the molecule is C=CCSc1cccc(O)c1S. The van der Waals surface area contributed by atoms with Gasteiger partial charge in [-0.25, -0.2) is 0 Å². The first kappa shape index (κ1) is 9.55. The number of hydrogen-bond donors (Lipinski definition) is 2. The molecule has 1 aromatic rings. The van der Waals surface area contributed by atoms with Gasteiger partial charge in [0.05, 0.1) is 4.90 Å². The van der Waals surface area contributed by atoms with Gasteiger partial charge in [0.15, 0.2) is 0 Å². The lowest BCUT2D eigenvalue weighted by molar-refractivity contribution is 0.459. The fraction of sp³-hybridized carbons (Fsp3) is 0.111. The summed E-state index contributed by atoms with van der Waals surface area (Å²) in [7, 11) is 0. The van der Waals surface area contributed by atoms with Crippen molar-refractivity contribution in [1.29, 1.82) is 0 Å². The van der Waals surface area contributed by atoms with E-state index in [-0.39, 0.29) is 5.75 Å². The number of thioether (sulfide) groups is 1. The van der Waals surface area contributed by atoms with Crippen LogP contribution in [0.2, 0.25) is 0 Å². The van der Waals surface area contributed by atoms with Crippen molar-refractivity contribution >= 4 is 24.4 Å². The summed E-state index contributed by atoms with van der Waals surface area (Å²) in [6, 6.07) is 5.36. The minimum Gasteiger partial charge on any atom is -0.507 e. The summed E-state index contributed by atoms with van der Waals surface area (Å²) in [4.78, 5) is 1.63. The molecular formula is C9H10OS2. The summed E-state index contributed by atoms with van der Waals surface area (Å²) in [5.41, 5.74) is 0. The highest BCUT2D eigenvalue weighted by molar-refractivity contribution is 7.99. The highest BCUT2D eigenvalue weighted by Gasteiger charge is 2.01. The van der Waals surface area contributed by atoms with Crippen molar-refractivity contribution in [2.24, 2.45) is 0 Å². The Labute approximate surface area is 81.9 Å². The number of rotatable bonds is 3. The quantitative estimate of drug-likeness (QED) is 0.442. The average molecular weight is 198 g/mol. The fourth-order valence-corrected chi connectivity index (χ4v) is 1.83. The van der Waals surface area contributed by atoms with Gasteiger partial charge in [-0.3, -0.25) is 0 Å². The molecule has 0 heterocycles. The normalized spacial score (nSPS) is 9.75. The van der Waals surface area contributed by atoms with Crippen LogP contribution in [0, 0.1) is 0 Å². The summed E-state index contributed by atoms with van der Waals surface area (Å²) in [5, 5.41) is 9.28. The Morgan fingerprint density at radius 3 is 3.00 bits per heavy atom. The lowest BCUT2D eigenvalue weighted by atomic mass is 10.3. The highest BCUT2D eigenvalue weighted by Crippen LogP contribution is 2.31. The van der Waals surface area contributed by atoms with Crippen LogP contribution in [0.5, 0.6) is 5.75 Å². The standard InChI is InChI=1S/C9H10OS2/c1-2-6-12-8-5-3-4-7(10)9(8)11/h2-5,10-11H,1,6H2. The van der Waals surface area contributed by atoms with Crippen molar-refractivity contribution in [2.75, 3.05) is 5.75 Å². The topological polar surface area (TPSA) is 20.2 Å². The zero-order valence-corrected chi connectivity index (χ0v) is 8.24. The number of aromatic hydroxyl groups is 1. The molecule has 0 aromatic heterocycles. The smallest absolute Gasteiger partial charge is 0.130 e. The zero-order valence-electron chi connectivity index (χ0n) is 6.53. The summed E-state index contributed by atoms with van der Waals surface area (Å²) < 4.78 is 0. The number of benzene rings is 1. The van der Waals surface area contributed by atoms with E-state index in [1.54, 1.807) is 23.9 Å². The van der Waals surface area contributed by atoms with Gasteiger partial charge in [0.25, 0.3) is 0 Å². The van der Waals surface area contributed by atoms with E-state index in [0.717, 1.165) is 10.6 Å². The molecule has 0 bridgehead atoms. The van der Waals surface area contributed by atoms with E-state index in [1.165, 1.54) is 0 Å². The third-order valence-corrected chi connectivity index (χ3v) is 3.01. The van der Waals surface area contributed by atoms with E-state index < -0.39 is 0 Å². The predicted molar refractivity (Wildman–Crippen MR) is 56.3 cm³/mol. The Morgan fingerprint density at radius 1 is 1.58 bits per heavy atom. The summed E-state index contributed by atoms with van der Waals surface area (Å²) >= 11 is 5.79. The molecule has 0 saturated heterocycles. The summed E-state index contributed by atoms with van der Waals surface area (Å²) in [5.74, 6) is 1.06. The predicted octanol–water partition coefficient (Wildman–Crippen LogP) is 2.96. The fourth-order valence-electron chi connectivity index (χ4n) is 0.776. The molecule has 1 rings (SSSR count). The van der Waals surface area contributed by atoms with Gasteiger partial charge in [-0.1, -0.05) is 12.1 Å². The molecule has 0 spiro atoms. The van der Waals surface area contributed by atoms with Gasteiger partial charge in [0.2, 0.25) is 0 Å². The molecule has 64 valence electrons. The molecule has 0 amide bonds. The number of phenols is 1. The van der Waals surface area contributed by atoms with E-state index >= 15 is 0 Å². The van der Waals surface area contributed by atoms with Gasteiger partial charge >= 0.3 is 0 Å². The van der Waals surface area contributed by atoms with Gasteiger partial charge in [-0.2, -0.15) is 0 Å². The molecule has 12 heavy (non-hydrogen) atoms. The van der Waals surface area contributed by atoms with E-state index in [2.05, 4.69) is 19.2 Å². The van der Waals surface area contributed by atoms with Gasteiger partial charge in [-0.15, -0.1) is 31.0 Å². The van der Waals surface area contributed by atoms with Gasteiger partial charge in [0, 0.05) is 10.6 Å². The molecular weight excluding hydrogens is 188 g/mol. The average Bonchev–Trinajstić information content (AvgIpc) is 2.08. The second kappa shape index (κ2) is 4.48. The maximum atomic E-state index is 9.28. The van der Waals surface area contributed by atoms with Crippen LogP contribution < -0.4 is 0 Å². The van der Waals surface area contributed by atoms with Crippen LogP contribution >= 0.6 is 24.4 Å². The Kier molecular flexibility index (Phi) is 3.56. The first-order valence-corrected chi connectivity index (χ1v) is 4.93. The molecule has 0 radical (unpaired) electrons. The van der Waals surface area contributed by atoms with Crippen molar-refractivity contribution in [3.8, 4) is 5.75 Å². The molecule has 0 unspecified atom stereocenters. The Hall–Kier alpha value is -0.540. The van der Waals surface area contributed by atoms with Crippen molar-refractivity contribution in [3.63, 3.8) is 0 Å². The summed E-state index contributed by atoms with van der Waals surface area (Å²) in [6.45, 7) is 3.62. The zero-order chi connectivity index (χ0) is 8.97. The van der Waals surface area contributed by atoms with Crippen LogP contribution in [-0.4, -0.2) is 10.9 Å². The van der Waals surface area contributed by atoms with Crippen molar-refractivity contribution in [1.82, 2.24) is 0 Å². The van der Waals surface area contributed by atoms with E-state index in [9.17, 15) is 5.11 Å². The Balaban J connectivity index is 2.84. The van der Waals surface area contributed by atoms with Crippen molar-refractivity contribution in [2.45, 2.75) is 9.79 Å². The second-order valence-corrected chi connectivity index (χ2v) is 3.73. The number of hydrogen-bond acceptors (Lipinski definition) is 3. The number of phenolic OH excluding ortho intramolecular Hbond substituents is 1. The first-order chi connectivity index (χ1) is 5.75. The van der Waals surface area contributed by atoms with Gasteiger partial charge < -0.3 is 5.11 Å². The minimum absolute atomic E-state index is 0.229. The summed E-state index contributed by atoms with van der Waals surface area (Å²) in [6.07, 6.45) is 1.82. The van der Waals surface area contributed by atoms with Crippen molar-refractivity contribution < 1.29 is 5.11 Å².